The van der Waals surface area contributed by atoms with Crippen LogP contribution in [0.25, 0.3) is 0 Å². The monoisotopic (exact) mass is 316 g/mol. The molecular weight excluding hydrogens is 300 g/mol. The number of amides is 2. The van der Waals surface area contributed by atoms with Crippen molar-refractivity contribution < 1.29 is 9.53 Å². The van der Waals surface area contributed by atoms with Crippen LogP contribution >= 0.6 is 11.6 Å². The first-order valence-electron chi connectivity index (χ1n) is 7.15. The molecule has 5 heteroatoms. The van der Waals surface area contributed by atoms with Gasteiger partial charge in [0.2, 0.25) is 0 Å². The van der Waals surface area contributed by atoms with Crippen LogP contribution in [0, 0.1) is 0 Å². The summed E-state index contributed by atoms with van der Waals surface area (Å²) in [5.74, 6) is 0. The van der Waals surface area contributed by atoms with Crippen molar-refractivity contribution in [2.45, 2.75) is 12.5 Å². The van der Waals surface area contributed by atoms with E-state index in [4.69, 9.17) is 16.3 Å². The standard InChI is InChI=1S/C17H17ClN2O2/c1-22-16-10-11-20(15-5-3-2-4-14(15)16)17(21)19-13-8-6-12(18)7-9-13/h2-9,16H,10-11H2,1H3,(H,19,21). The van der Waals surface area contributed by atoms with Gasteiger partial charge < -0.3 is 10.1 Å². The van der Waals surface area contributed by atoms with Gasteiger partial charge in [-0.05, 0) is 36.8 Å². The van der Waals surface area contributed by atoms with Gasteiger partial charge in [0, 0.05) is 29.9 Å². The SMILES string of the molecule is COC1CCN(C(=O)Nc2ccc(Cl)cc2)c2ccccc21. The Morgan fingerprint density at radius 2 is 1.95 bits per heavy atom. The normalized spacial score (nSPS) is 17.0. The van der Waals surface area contributed by atoms with E-state index < -0.39 is 0 Å². The Labute approximate surface area is 134 Å². The van der Waals surface area contributed by atoms with Crippen LogP contribution in [0.4, 0.5) is 16.2 Å². The molecule has 1 N–H and O–H groups in total. The number of nitrogens with zero attached hydrogens (tertiary/aromatic N) is 1. The summed E-state index contributed by atoms with van der Waals surface area (Å²) in [6.45, 7) is 0.620. The van der Waals surface area contributed by atoms with Gasteiger partial charge in [0.15, 0.2) is 0 Å². The molecule has 0 radical (unpaired) electrons. The van der Waals surface area contributed by atoms with Crippen molar-refractivity contribution in [1.82, 2.24) is 0 Å². The summed E-state index contributed by atoms with van der Waals surface area (Å²) in [6.07, 6.45) is 0.817. The van der Waals surface area contributed by atoms with Crippen molar-refractivity contribution in [2.24, 2.45) is 0 Å². The van der Waals surface area contributed by atoms with Gasteiger partial charge in [-0.2, -0.15) is 0 Å². The molecule has 0 bridgehead atoms. The average Bonchev–Trinajstić information content (AvgIpc) is 2.56. The number of anilines is 2. The molecule has 4 nitrogen and oxygen atoms in total. The van der Waals surface area contributed by atoms with E-state index in [0.717, 1.165) is 23.4 Å². The third-order valence-electron chi connectivity index (χ3n) is 3.81. The van der Waals surface area contributed by atoms with E-state index in [-0.39, 0.29) is 12.1 Å². The molecule has 2 amide bonds. The fourth-order valence-electron chi connectivity index (χ4n) is 2.71. The molecule has 0 aromatic heterocycles. The molecule has 1 atom stereocenters. The topological polar surface area (TPSA) is 41.6 Å². The number of methoxy groups -OCH3 is 1. The second-order valence-electron chi connectivity index (χ2n) is 5.16. The van der Waals surface area contributed by atoms with Gasteiger partial charge in [0.05, 0.1) is 11.8 Å². The Kier molecular flexibility index (Phi) is 4.32. The van der Waals surface area contributed by atoms with Gasteiger partial charge in [-0.3, -0.25) is 4.90 Å². The van der Waals surface area contributed by atoms with Crippen molar-refractivity contribution in [3.05, 3.63) is 59.1 Å². The number of benzene rings is 2. The number of fused-ring (bicyclic) bond motifs is 1. The number of rotatable bonds is 2. The van der Waals surface area contributed by atoms with Crippen LogP contribution in [-0.4, -0.2) is 19.7 Å². The third kappa shape index (κ3) is 2.93. The molecule has 3 rings (SSSR count). The summed E-state index contributed by atoms with van der Waals surface area (Å²) in [5.41, 5.74) is 2.66. The van der Waals surface area contributed by atoms with Crippen molar-refractivity contribution >= 4 is 29.0 Å². The average molecular weight is 317 g/mol. The predicted octanol–water partition coefficient (Wildman–Crippen LogP) is 4.47. The minimum atomic E-state index is -0.149. The summed E-state index contributed by atoms with van der Waals surface area (Å²) in [7, 11) is 1.70. The Balaban J connectivity index is 1.82. The maximum atomic E-state index is 12.6. The van der Waals surface area contributed by atoms with Gasteiger partial charge >= 0.3 is 6.03 Å². The molecule has 0 saturated carbocycles. The number of hydrogen-bond donors (Lipinski definition) is 1. The number of ether oxygens (including phenoxy) is 1. The third-order valence-corrected chi connectivity index (χ3v) is 4.07. The molecule has 0 aliphatic carbocycles. The summed E-state index contributed by atoms with van der Waals surface area (Å²) >= 11 is 5.86. The Morgan fingerprint density at radius 1 is 1.23 bits per heavy atom. The number of hydrogen-bond acceptors (Lipinski definition) is 2. The predicted molar refractivity (Wildman–Crippen MR) is 88.6 cm³/mol. The van der Waals surface area contributed by atoms with E-state index in [9.17, 15) is 4.79 Å². The van der Waals surface area contributed by atoms with Crippen LogP contribution in [0.1, 0.15) is 18.1 Å². The zero-order valence-corrected chi connectivity index (χ0v) is 13.0. The first-order chi connectivity index (χ1) is 10.7. The highest BCUT2D eigenvalue weighted by Gasteiger charge is 2.28. The van der Waals surface area contributed by atoms with Gasteiger partial charge in [-0.15, -0.1) is 0 Å². The Morgan fingerprint density at radius 3 is 2.68 bits per heavy atom. The maximum Gasteiger partial charge on any atom is 0.326 e. The number of nitrogens with one attached hydrogen (secondary N) is 1. The van der Waals surface area contributed by atoms with Crippen LogP contribution in [0.5, 0.6) is 0 Å². The zero-order chi connectivity index (χ0) is 15.5. The molecule has 0 saturated heterocycles. The first-order valence-corrected chi connectivity index (χ1v) is 7.52. The molecule has 1 unspecified atom stereocenters. The highest BCUT2D eigenvalue weighted by Crippen LogP contribution is 2.35. The van der Waals surface area contributed by atoms with E-state index in [2.05, 4.69) is 5.32 Å². The molecule has 22 heavy (non-hydrogen) atoms. The van der Waals surface area contributed by atoms with E-state index in [1.807, 2.05) is 24.3 Å². The summed E-state index contributed by atoms with van der Waals surface area (Å²) in [5, 5.41) is 3.54. The molecule has 2 aromatic carbocycles. The lowest BCUT2D eigenvalue weighted by atomic mass is 9.99. The molecule has 1 heterocycles. The number of carbonyl (C=O) groups excluding carboxylic acids is 1. The second kappa shape index (κ2) is 6.38. The molecule has 1 aliphatic heterocycles. The maximum absolute atomic E-state index is 12.6. The molecular formula is C17H17ClN2O2. The highest BCUT2D eigenvalue weighted by atomic mass is 35.5. The number of urea groups is 1. The summed E-state index contributed by atoms with van der Waals surface area (Å²) in [4.78, 5) is 14.3. The fraction of sp³-hybridized carbons (Fsp3) is 0.235. The number of carbonyl (C=O) groups is 1. The van der Waals surface area contributed by atoms with E-state index in [1.165, 1.54) is 0 Å². The molecule has 2 aromatic rings. The van der Waals surface area contributed by atoms with Gasteiger partial charge in [-0.1, -0.05) is 29.8 Å². The highest BCUT2D eigenvalue weighted by molar-refractivity contribution is 6.30. The fourth-order valence-corrected chi connectivity index (χ4v) is 2.83. The molecule has 0 fully saturated rings. The minimum absolute atomic E-state index is 0.0378. The lowest BCUT2D eigenvalue weighted by Crippen LogP contribution is -2.39. The molecule has 0 spiro atoms. The number of para-hydroxylation sites is 1. The Bertz CT molecular complexity index is 673. The number of halogens is 1. The van der Waals surface area contributed by atoms with Crippen LogP contribution in [-0.2, 0) is 4.74 Å². The van der Waals surface area contributed by atoms with Gasteiger partial charge in [0.1, 0.15) is 0 Å². The van der Waals surface area contributed by atoms with Crippen LogP contribution in [0.2, 0.25) is 5.02 Å². The lowest BCUT2D eigenvalue weighted by Gasteiger charge is -2.33. The van der Waals surface area contributed by atoms with E-state index in [0.29, 0.717) is 11.6 Å². The molecule has 1 aliphatic rings. The van der Waals surface area contributed by atoms with E-state index in [1.54, 1.807) is 36.3 Å². The van der Waals surface area contributed by atoms with Crippen molar-refractivity contribution in [3.8, 4) is 0 Å². The lowest BCUT2D eigenvalue weighted by molar-refractivity contribution is 0.0943. The second-order valence-corrected chi connectivity index (χ2v) is 5.60. The smallest absolute Gasteiger partial charge is 0.326 e. The summed E-state index contributed by atoms with van der Waals surface area (Å²) in [6, 6.07) is 14.8. The van der Waals surface area contributed by atoms with Gasteiger partial charge in [0.25, 0.3) is 0 Å². The minimum Gasteiger partial charge on any atom is -0.377 e. The van der Waals surface area contributed by atoms with Crippen molar-refractivity contribution in [1.29, 1.82) is 0 Å². The first kappa shape index (κ1) is 14.9. The van der Waals surface area contributed by atoms with Crippen LogP contribution in [0.3, 0.4) is 0 Å². The Hall–Kier alpha value is -2.04. The molecule has 114 valence electrons. The van der Waals surface area contributed by atoms with E-state index >= 15 is 0 Å². The van der Waals surface area contributed by atoms with Crippen LogP contribution < -0.4 is 10.2 Å². The van der Waals surface area contributed by atoms with Crippen molar-refractivity contribution in [2.75, 3.05) is 23.9 Å². The van der Waals surface area contributed by atoms with Crippen molar-refractivity contribution in [3.63, 3.8) is 0 Å². The zero-order valence-electron chi connectivity index (χ0n) is 12.3. The summed E-state index contributed by atoms with van der Waals surface area (Å²) < 4.78 is 5.50. The largest absolute Gasteiger partial charge is 0.377 e. The van der Waals surface area contributed by atoms with Gasteiger partial charge in [-0.25, -0.2) is 4.79 Å². The van der Waals surface area contributed by atoms with Crippen LogP contribution in [0.15, 0.2) is 48.5 Å². The quantitative estimate of drug-likeness (QED) is 0.888.